The third-order valence-electron chi connectivity index (χ3n) is 3.67. The number of hydrogen-bond donors (Lipinski definition) is 0. The molecule has 1 aliphatic rings. The molecule has 0 bridgehead atoms. The fourth-order valence-corrected chi connectivity index (χ4v) is 2.80. The van der Waals surface area contributed by atoms with E-state index in [1.54, 1.807) is 27.8 Å². The normalized spacial score (nSPS) is 15.6. The van der Waals surface area contributed by atoms with Gasteiger partial charge in [-0.05, 0) is 25.1 Å². The predicted molar refractivity (Wildman–Crippen MR) is 81.9 cm³/mol. The van der Waals surface area contributed by atoms with Gasteiger partial charge in [-0.3, -0.25) is 9.36 Å². The summed E-state index contributed by atoms with van der Waals surface area (Å²) in [4.78, 5) is 25.3. The van der Waals surface area contributed by atoms with Gasteiger partial charge in [0.25, 0.3) is 5.56 Å². The van der Waals surface area contributed by atoms with E-state index in [0.717, 1.165) is 0 Å². The van der Waals surface area contributed by atoms with Crippen molar-refractivity contribution in [1.29, 1.82) is 0 Å². The van der Waals surface area contributed by atoms with Crippen molar-refractivity contribution in [3.05, 3.63) is 44.1 Å². The summed E-state index contributed by atoms with van der Waals surface area (Å²) in [5, 5.41) is 2.74. The maximum atomic E-state index is 12.7. The van der Waals surface area contributed by atoms with Gasteiger partial charge in [-0.2, -0.15) is 4.68 Å². The first-order valence-electron chi connectivity index (χ1n) is 6.91. The van der Waals surface area contributed by atoms with Gasteiger partial charge in [0, 0.05) is 11.6 Å². The summed E-state index contributed by atoms with van der Waals surface area (Å²) in [5.41, 5.74) is -0.0676. The molecule has 0 spiro atoms. The Morgan fingerprint density at radius 3 is 2.62 bits per heavy atom. The SMILES string of the molecule is CCn1c(=O)n(N2CCOCC2)c(=O)c2ccc(Cl)cc21. The second-order valence-corrected chi connectivity index (χ2v) is 5.31. The summed E-state index contributed by atoms with van der Waals surface area (Å²) in [5.74, 6) is 0. The molecule has 112 valence electrons. The largest absolute Gasteiger partial charge is 0.378 e. The monoisotopic (exact) mass is 309 g/mol. The minimum absolute atomic E-state index is 0.307. The molecule has 1 saturated heterocycles. The highest BCUT2D eigenvalue weighted by molar-refractivity contribution is 6.31. The standard InChI is InChI=1S/C14H16ClN3O3/c1-2-17-12-9-10(15)3-4-11(12)13(19)18(14(17)20)16-5-7-21-8-6-16/h3-4,9H,2,5-8H2,1H3. The minimum atomic E-state index is -0.334. The van der Waals surface area contributed by atoms with Gasteiger partial charge >= 0.3 is 5.69 Å². The van der Waals surface area contributed by atoms with E-state index in [1.165, 1.54) is 4.68 Å². The molecule has 0 saturated carbocycles. The zero-order valence-electron chi connectivity index (χ0n) is 11.7. The lowest BCUT2D eigenvalue weighted by molar-refractivity contribution is 0.109. The van der Waals surface area contributed by atoms with E-state index in [1.807, 2.05) is 6.92 Å². The first-order valence-corrected chi connectivity index (χ1v) is 7.29. The highest BCUT2D eigenvalue weighted by Gasteiger charge is 2.19. The third kappa shape index (κ3) is 2.34. The molecule has 6 nitrogen and oxygen atoms in total. The molecule has 0 radical (unpaired) electrons. The summed E-state index contributed by atoms with van der Waals surface area (Å²) in [7, 11) is 0. The van der Waals surface area contributed by atoms with Crippen LogP contribution in [0.25, 0.3) is 10.9 Å². The summed E-state index contributed by atoms with van der Waals surface area (Å²) in [6, 6.07) is 4.99. The summed E-state index contributed by atoms with van der Waals surface area (Å²) < 4.78 is 8.07. The van der Waals surface area contributed by atoms with Crippen LogP contribution in [0.3, 0.4) is 0 Å². The molecule has 3 rings (SSSR count). The van der Waals surface area contributed by atoms with Crippen LogP contribution in [0.15, 0.2) is 27.8 Å². The van der Waals surface area contributed by atoms with Crippen molar-refractivity contribution in [2.45, 2.75) is 13.5 Å². The van der Waals surface area contributed by atoms with Crippen LogP contribution < -0.4 is 16.3 Å². The first-order chi connectivity index (χ1) is 10.1. The van der Waals surface area contributed by atoms with Crippen LogP contribution in [0.4, 0.5) is 0 Å². The Morgan fingerprint density at radius 2 is 1.95 bits per heavy atom. The van der Waals surface area contributed by atoms with Crippen molar-refractivity contribution in [2.24, 2.45) is 0 Å². The van der Waals surface area contributed by atoms with Gasteiger partial charge in [-0.15, -0.1) is 0 Å². The molecular formula is C14H16ClN3O3. The fourth-order valence-electron chi connectivity index (χ4n) is 2.64. The average Bonchev–Trinajstić information content (AvgIpc) is 2.48. The van der Waals surface area contributed by atoms with Gasteiger partial charge in [0.1, 0.15) is 0 Å². The number of aromatic nitrogens is 2. The van der Waals surface area contributed by atoms with Gasteiger partial charge < -0.3 is 9.75 Å². The molecule has 2 aromatic rings. The number of ether oxygens (including phenoxy) is 1. The highest BCUT2D eigenvalue weighted by atomic mass is 35.5. The first kappa shape index (κ1) is 14.2. The van der Waals surface area contributed by atoms with Gasteiger partial charge in [0.15, 0.2) is 0 Å². The lowest BCUT2D eigenvalue weighted by Gasteiger charge is -2.29. The molecule has 1 aliphatic heterocycles. The third-order valence-corrected chi connectivity index (χ3v) is 3.91. The molecule has 2 heterocycles. The highest BCUT2D eigenvalue weighted by Crippen LogP contribution is 2.15. The molecule has 7 heteroatoms. The van der Waals surface area contributed by atoms with Gasteiger partial charge in [-0.1, -0.05) is 11.6 Å². The summed E-state index contributed by atoms with van der Waals surface area (Å²) in [6.07, 6.45) is 0. The number of halogens is 1. The molecule has 1 fully saturated rings. The Hall–Kier alpha value is -1.79. The molecule has 0 unspecified atom stereocenters. The molecule has 0 atom stereocenters. The van der Waals surface area contributed by atoms with E-state index >= 15 is 0 Å². The van der Waals surface area contributed by atoms with Crippen LogP contribution in [0, 0.1) is 0 Å². The van der Waals surface area contributed by atoms with E-state index in [-0.39, 0.29) is 11.2 Å². The molecule has 0 amide bonds. The molecular weight excluding hydrogens is 294 g/mol. The second-order valence-electron chi connectivity index (χ2n) is 4.87. The predicted octanol–water partition coefficient (Wildman–Crippen LogP) is 0.805. The number of rotatable bonds is 2. The van der Waals surface area contributed by atoms with Crippen LogP contribution in [0.5, 0.6) is 0 Å². The van der Waals surface area contributed by atoms with Crippen molar-refractivity contribution in [3.8, 4) is 0 Å². The number of benzene rings is 1. The Labute approximate surface area is 126 Å². The number of hydrogen-bond acceptors (Lipinski definition) is 4. The Bertz CT molecular complexity index is 790. The Balaban J connectivity index is 2.33. The van der Waals surface area contributed by atoms with Crippen molar-refractivity contribution in [2.75, 3.05) is 31.3 Å². The van der Waals surface area contributed by atoms with E-state index in [4.69, 9.17) is 16.3 Å². The summed E-state index contributed by atoms with van der Waals surface area (Å²) in [6.45, 7) is 4.42. The van der Waals surface area contributed by atoms with Crippen LogP contribution in [-0.2, 0) is 11.3 Å². The van der Waals surface area contributed by atoms with Crippen molar-refractivity contribution < 1.29 is 4.74 Å². The zero-order chi connectivity index (χ0) is 15.0. The Morgan fingerprint density at radius 1 is 1.24 bits per heavy atom. The topological polar surface area (TPSA) is 56.5 Å². The maximum absolute atomic E-state index is 12.7. The lowest BCUT2D eigenvalue weighted by atomic mass is 10.2. The van der Waals surface area contributed by atoms with Crippen LogP contribution in [-0.4, -0.2) is 35.5 Å². The lowest BCUT2D eigenvalue weighted by Crippen LogP contribution is -2.56. The fraction of sp³-hybridized carbons (Fsp3) is 0.429. The van der Waals surface area contributed by atoms with Crippen LogP contribution >= 0.6 is 11.6 Å². The molecule has 0 N–H and O–H groups in total. The molecule has 21 heavy (non-hydrogen) atoms. The van der Waals surface area contributed by atoms with Gasteiger partial charge in [0.2, 0.25) is 0 Å². The van der Waals surface area contributed by atoms with Crippen LogP contribution in [0.1, 0.15) is 6.92 Å². The Kier molecular flexibility index (Phi) is 3.73. The average molecular weight is 310 g/mol. The van der Waals surface area contributed by atoms with E-state index in [0.29, 0.717) is 48.8 Å². The maximum Gasteiger partial charge on any atom is 0.350 e. The molecule has 0 aliphatic carbocycles. The van der Waals surface area contributed by atoms with Gasteiger partial charge in [0.05, 0.1) is 37.2 Å². The number of morpholine rings is 1. The van der Waals surface area contributed by atoms with Crippen LogP contribution in [0.2, 0.25) is 5.02 Å². The van der Waals surface area contributed by atoms with E-state index in [9.17, 15) is 9.59 Å². The van der Waals surface area contributed by atoms with Crippen molar-refractivity contribution in [1.82, 2.24) is 9.24 Å². The van der Waals surface area contributed by atoms with Crippen molar-refractivity contribution >= 4 is 22.5 Å². The van der Waals surface area contributed by atoms with Gasteiger partial charge in [-0.25, -0.2) is 4.79 Å². The number of aryl methyl sites for hydroxylation is 1. The molecule has 1 aromatic carbocycles. The molecule has 1 aromatic heterocycles. The smallest absolute Gasteiger partial charge is 0.350 e. The van der Waals surface area contributed by atoms with E-state index in [2.05, 4.69) is 0 Å². The summed E-state index contributed by atoms with van der Waals surface area (Å²) >= 11 is 5.99. The number of fused-ring (bicyclic) bond motifs is 1. The minimum Gasteiger partial charge on any atom is -0.378 e. The van der Waals surface area contributed by atoms with Crippen molar-refractivity contribution in [3.63, 3.8) is 0 Å². The zero-order valence-corrected chi connectivity index (χ0v) is 12.5. The second kappa shape index (κ2) is 5.54. The van der Waals surface area contributed by atoms with E-state index < -0.39 is 0 Å². The quantitative estimate of drug-likeness (QED) is 0.823. The number of nitrogens with zero attached hydrogens (tertiary/aromatic N) is 3.